The molecule has 0 spiro atoms. The lowest BCUT2D eigenvalue weighted by atomic mass is 9.92. The van der Waals surface area contributed by atoms with E-state index >= 15 is 0 Å². The number of nitrogens with one attached hydrogen (secondary N) is 1. The molecule has 0 fully saturated rings. The number of carbonyl (C=O) groups excluding carboxylic acids is 2. The van der Waals surface area contributed by atoms with Crippen molar-refractivity contribution in [3.63, 3.8) is 0 Å². The molecule has 0 aliphatic heterocycles. The number of hydrogen-bond donors (Lipinski definition) is 1. The number of rotatable bonds is 6. The van der Waals surface area contributed by atoms with E-state index in [1.54, 1.807) is 0 Å². The molecular weight excluding hydrogens is 412 g/mol. The van der Waals surface area contributed by atoms with Gasteiger partial charge in [0.2, 0.25) is 5.91 Å². The summed E-state index contributed by atoms with van der Waals surface area (Å²) in [5.74, 6) is -2.69. The van der Waals surface area contributed by atoms with E-state index in [1.165, 1.54) is 13.2 Å². The van der Waals surface area contributed by atoms with Crippen LogP contribution in [0.3, 0.4) is 0 Å². The lowest BCUT2D eigenvalue weighted by Crippen LogP contribution is -2.43. The molecule has 162 valence electrons. The van der Waals surface area contributed by atoms with Gasteiger partial charge in [-0.05, 0) is 44.8 Å². The van der Waals surface area contributed by atoms with Gasteiger partial charge >= 0.3 is 5.97 Å². The highest BCUT2D eigenvalue weighted by atomic mass is 19.1. The van der Waals surface area contributed by atoms with Crippen molar-refractivity contribution in [2.75, 3.05) is 7.11 Å². The smallest absolute Gasteiger partial charge is 0.328 e. The molecule has 0 heterocycles. The van der Waals surface area contributed by atoms with Crippen LogP contribution in [0.5, 0.6) is 0 Å². The van der Waals surface area contributed by atoms with Gasteiger partial charge in [-0.2, -0.15) is 0 Å². The molecule has 4 rings (SSSR count). The van der Waals surface area contributed by atoms with Gasteiger partial charge in [0, 0.05) is 12.5 Å². The van der Waals surface area contributed by atoms with Gasteiger partial charge in [-0.3, -0.25) is 4.79 Å². The SMILES string of the molecule is COC(=O)[C@@H](Cc1c2ccccc2cc2ccccc12)NC(=O)Cc1ccc(F)cc1F. The van der Waals surface area contributed by atoms with Gasteiger partial charge in [0.05, 0.1) is 13.5 Å². The second kappa shape index (κ2) is 9.14. The first-order chi connectivity index (χ1) is 15.5. The molecule has 1 atom stereocenters. The second-order valence-corrected chi connectivity index (χ2v) is 7.56. The van der Waals surface area contributed by atoms with Crippen LogP contribution in [0, 0.1) is 11.6 Å². The second-order valence-electron chi connectivity index (χ2n) is 7.56. The summed E-state index contributed by atoms with van der Waals surface area (Å²) in [6, 6.07) is 19.8. The van der Waals surface area contributed by atoms with Crippen molar-refractivity contribution in [1.29, 1.82) is 0 Å². The summed E-state index contributed by atoms with van der Waals surface area (Å²) < 4.78 is 32.0. The minimum Gasteiger partial charge on any atom is -0.467 e. The Bertz CT molecular complexity index is 1270. The third-order valence-corrected chi connectivity index (χ3v) is 5.48. The Balaban J connectivity index is 1.66. The van der Waals surface area contributed by atoms with E-state index in [9.17, 15) is 18.4 Å². The average Bonchev–Trinajstić information content (AvgIpc) is 2.79. The van der Waals surface area contributed by atoms with E-state index in [1.807, 2.05) is 48.5 Å². The van der Waals surface area contributed by atoms with Crippen LogP contribution in [0.1, 0.15) is 11.1 Å². The molecular formula is C26H21F2NO3. The molecule has 32 heavy (non-hydrogen) atoms. The largest absolute Gasteiger partial charge is 0.467 e. The molecule has 4 aromatic carbocycles. The number of fused-ring (bicyclic) bond motifs is 2. The van der Waals surface area contributed by atoms with Crippen LogP contribution in [0.15, 0.2) is 72.8 Å². The van der Waals surface area contributed by atoms with Crippen LogP contribution >= 0.6 is 0 Å². The van der Waals surface area contributed by atoms with Crippen molar-refractivity contribution in [3.05, 3.63) is 95.6 Å². The Morgan fingerprint density at radius 1 is 0.906 bits per heavy atom. The number of carbonyl (C=O) groups is 2. The summed E-state index contributed by atoms with van der Waals surface area (Å²) >= 11 is 0. The van der Waals surface area contributed by atoms with E-state index < -0.39 is 29.6 Å². The molecule has 6 heteroatoms. The van der Waals surface area contributed by atoms with Gasteiger partial charge in [-0.1, -0.05) is 54.6 Å². The van der Waals surface area contributed by atoms with Crippen molar-refractivity contribution < 1.29 is 23.1 Å². The highest BCUT2D eigenvalue weighted by Crippen LogP contribution is 2.29. The Kier molecular flexibility index (Phi) is 6.12. The zero-order valence-electron chi connectivity index (χ0n) is 17.4. The monoisotopic (exact) mass is 433 g/mol. The summed E-state index contributed by atoms with van der Waals surface area (Å²) in [6.07, 6.45) is -0.123. The first kappa shape index (κ1) is 21.4. The quantitative estimate of drug-likeness (QED) is 0.354. The summed E-state index contributed by atoms with van der Waals surface area (Å²) in [5, 5.41) is 6.64. The number of hydrogen-bond acceptors (Lipinski definition) is 3. The lowest BCUT2D eigenvalue weighted by molar-refractivity contribution is -0.145. The molecule has 1 amide bonds. The normalized spacial score (nSPS) is 12.0. The lowest BCUT2D eigenvalue weighted by Gasteiger charge is -2.19. The van der Waals surface area contributed by atoms with Gasteiger partial charge in [0.25, 0.3) is 0 Å². The summed E-state index contributed by atoms with van der Waals surface area (Å²) in [6.45, 7) is 0. The zero-order valence-corrected chi connectivity index (χ0v) is 17.4. The van der Waals surface area contributed by atoms with E-state index in [0.29, 0.717) is 0 Å². The average molecular weight is 433 g/mol. The highest BCUT2D eigenvalue weighted by molar-refractivity contribution is 6.02. The highest BCUT2D eigenvalue weighted by Gasteiger charge is 2.24. The summed E-state index contributed by atoms with van der Waals surface area (Å²) in [4.78, 5) is 25.1. The number of halogens is 2. The third-order valence-electron chi connectivity index (χ3n) is 5.48. The van der Waals surface area contributed by atoms with Gasteiger partial charge in [-0.25, -0.2) is 13.6 Å². The molecule has 0 saturated carbocycles. The van der Waals surface area contributed by atoms with E-state index in [4.69, 9.17) is 4.74 Å². The molecule has 1 N–H and O–H groups in total. The molecule has 4 aromatic rings. The zero-order chi connectivity index (χ0) is 22.7. The third kappa shape index (κ3) is 4.44. The Labute approximate surface area is 183 Å². The minimum atomic E-state index is -0.967. The van der Waals surface area contributed by atoms with Crippen LogP contribution in [-0.4, -0.2) is 25.0 Å². The molecule has 4 nitrogen and oxygen atoms in total. The number of amides is 1. The Hall–Kier alpha value is -3.80. The van der Waals surface area contributed by atoms with Gasteiger partial charge in [0.15, 0.2) is 0 Å². The van der Waals surface area contributed by atoms with Crippen LogP contribution < -0.4 is 5.32 Å². The predicted octanol–water partition coefficient (Wildman–Crippen LogP) is 4.71. The summed E-state index contributed by atoms with van der Waals surface area (Å²) in [7, 11) is 1.25. The van der Waals surface area contributed by atoms with Gasteiger partial charge in [0.1, 0.15) is 17.7 Å². The van der Waals surface area contributed by atoms with Crippen LogP contribution in [0.2, 0.25) is 0 Å². The molecule has 0 unspecified atom stereocenters. The van der Waals surface area contributed by atoms with Crippen molar-refractivity contribution >= 4 is 33.4 Å². The fraction of sp³-hybridized carbons (Fsp3) is 0.154. The fourth-order valence-electron chi connectivity index (χ4n) is 3.95. The van der Waals surface area contributed by atoms with Crippen LogP contribution in [-0.2, 0) is 27.2 Å². The maximum atomic E-state index is 14.0. The van der Waals surface area contributed by atoms with Crippen molar-refractivity contribution in [2.45, 2.75) is 18.9 Å². The van der Waals surface area contributed by atoms with Gasteiger partial charge < -0.3 is 10.1 Å². The van der Waals surface area contributed by atoms with E-state index in [-0.39, 0.29) is 18.4 Å². The molecule has 0 aliphatic carbocycles. The predicted molar refractivity (Wildman–Crippen MR) is 119 cm³/mol. The van der Waals surface area contributed by atoms with Crippen molar-refractivity contribution in [1.82, 2.24) is 5.32 Å². The number of ether oxygens (including phenoxy) is 1. The molecule has 0 saturated heterocycles. The maximum absolute atomic E-state index is 14.0. The Morgan fingerprint density at radius 2 is 1.53 bits per heavy atom. The Morgan fingerprint density at radius 3 is 2.12 bits per heavy atom. The maximum Gasteiger partial charge on any atom is 0.328 e. The first-order valence-electron chi connectivity index (χ1n) is 10.2. The van der Waals surface area contributed by atoms with Gasteiger partial charge in [-0.15, -0.1) is 0 Å². The van der Waals surface area contributed by atoms with Crippen LogP contribution in [0.25, 0.3) is 21.5 Å². The molecule has 0 radical (unpaired) electrons. The van der Waals surface area contributed by atoms with E-state index in [2.05, 4.69) is 11.4 Å². The van der Waals surface area contributed by atoms with Crippen LogP contribution in [0.4, 0.5) is 8.78 Å². The van der Waals surface area contributed by atoms with Crippen molar-refractivity contribution in [2.24, 2.45) is 0 Å². The number of esters is 1. The first-order valence-corrected chi connectivity index (χ1v) is 10.2. The summed E-state index contributed by atoms with van der Waals surface area (Å²) in [5.41, 5.74) is 0.950. The minimum absolute atomic E-state index is 0.0446. The fourth-order valence-corrected chi connectivity index (χ4v) is 3.95. The molecule has 0 aliphatic rings. The molecule has 0 bridgehead atoms. The van der Waals surface area contributed by atoms with Crippen molar-refractivity contribution in [3.8, 4) is 0 Å². The number of methoxy groups -OCH3 is 1. The standard InChI is InChI=1S/C26H21F2NO3/c1-32-26(31)24(29-25(30)13-18-10-11-19(27)14-23(18)28)15-22-20-8-4-2-6-16(20)12-17-7-3-5-9-21(17)22/h2-12,14,24H,13,15H2,1H3,(H,29,30)/t24-/m1/s1. The number of benzene rings is 4. The topological polar surface area (TPSA) is 55.4 Å². The molecule has 0 aromatic heterocycles. The van der Waals surface area contributed by atoms with E-state index in [0.717, 1.165) is 39.2 Å².